The largest absolute Gasteiger partial charge is 0.309 e. The zero-order valence-electron chi connectivity index (χ0n) is 33.2. The molecule has 0 aliphatic carbocycles. The highest BCUT2D eigenvalue weighted by atomic mass is 15.0. The fourth-order valence-electron chi connectivity index (χ4n) is 9.31. The number of aromatic nitrogens is 3. The van der Waals surface area contributed by atoms with Crippen LogP contribution in [0.3, 0.4) is 0 Å². The van der Waals surface area contributed by atoms with Gasteiger partial charge < -0.3 is 4.57 Å². The lowest BCUT2D eigenvalue weighted by Gasteiger charge is -2.16. The van der Waals surface area contributed by atoms with E-state index >= 15 is 0 Å². The molecular formula is C58H37N3. The number of benzene rings is 10. The normalized spacial score (nSPS) is 11.6. The molecule has 2 aromatic heterocycles. The van der Waals surface area contributed by atoms with E-state index in [9.17, 15) is 0 Å². The van der Waals surface area contributed by atoms with Gasteiger partial charge in [-0.15, -0.1) is 0 Å². The summed E-state index contributed by atoms with van der Waals surface area (Å²) < 4.78 is 2.40. The lowest BCUT2D eigenvalue weighted by molar-refractivity contribution is 1.18. The molecular weight excluding hydrogens is 739 g/mol. The first-order valence-corrected chi connectivity index (χ1v) is 20.8. The van der Waals surface area contributed by atoms with Gasteiger partial charge >= 0.3 is 0 Å². The minimum Gasteiger partial charge on any atom is -0.309 e. The Hall–Kier alpha value is -8.14. The average Bonchev–Trinajstić information content (AvgIpc) is 3.68. The summed E-state index contributed by atoms with van der Waals surface area (Å²) in [6.07, 6.45) is 0. The maximum atomic E-state index is 5.43. The van der Waals surface area contributed by atoms with Gasteiger partial charge in [-0.1, -0.05) is 194 Å². The number of nitrogens with zero attached hydrogens (tertiary/aromatic N) is 3. The lowest BCUT2D eigenvalue weighted by Crippen LogP contribution is -1.98. The van der Waals surface area contributed by atoms with Gasteiger partial charge in [0.2, 0.25) is 0 Å². The Kier molecular flexibility index (Phi) is 8.17. The number of rotatable bonds is 6. The van der Waals surface area contributed by atoms with E-state index in [-0.39, 0.29) is 0 Å². The fourth-order valence-corrected chi connectivity index (χ4v) is 9.31. The molecule has 0 bridgehead atoms. The molecule has 0 aliphatic heterocycles. The van der Waals surface area contributed by atoms with Crippen molar-refractivity contribution in [1.82, 2.24) is 14.5 Å². The molecule has 0 saturated carbocycles. The highest BCUT2D eigenvalue weighted by Gasteiger charge is 2.19. The van der Waals surface area contributed by atoms with Gasteiger partial charge in [0, 0.05) is 38.7 Å². The van der Waals surface area contributed by atoms with Crippen LogP contribution in [0.5, 0.6) is 0 Å². The predicted molar refractivity (Wildman–Crippen MR) is 256 cm³/mol. The Labute approximate surface area is 353 Å². The number of fused-ring (bicyclic) bond motifs is 7. The van der Waals surface area contributed by atoms with Crippen LogP contribution in [-0.4, -0.2) is 14.5 Å². The summed E-state index contributed by atoms with van der Waals surface area (Å²) in [5, 5.41) is 9.66. The van der Waals surface area contributed by atoms with Crippen LogP contribution in [0.15, 0.2) is 224 Å². The van der Waals surface area contributed by atoms with Gasteiger partial charge in [-0.3, -0.25) is 0 Å². The summed E-state index contributed by atoms with van der Waals surface area (Å²) in [5.41, 5.74) is 13.1. The van der Waals surface area contributed by atoms with Crippen LogP contribution in [0.2, 0.25) is 0 Å². The second-order valence-electron chi connectivity index (χ2n) is 15.7. The van der Waals surface area contributed by atoms with Crippen molar-refractivity contribution in [3.63, 3.8) is 0 Å². The van der Waals surface area contributed by atoms with E-state index in [1.807, 2.05) is 0 Å². The molecule has 12 rings (SSSR count). The molecule has 0 unspecified atom stereocenters. The molecule has 0 aliphatic rings. The first kappa shape index (κ1) is 34.9. The van der Waals surface area contributed by atoms with Crippen molar-refractivity contribution in [2.24, 2.45) is 0 Å². The highest BCUT2D eigenvalue weighted by Crippen LogP contribution is 2.42. The first-order valence-electron chi connectivity index (χ1n) is 20.8. The van der Waals surface area contributed by atoms with Gasteiger partial charge in [-0.2, -0.15) is 0 Å². The fraction of sp³-hybridized carbons (Fsp3) is 0. The molecule has 61 heavy (non-hydrogen) atoms. The predicted octanol–water partition coefficient (Wildman–Crippen LogP) is 15.4. The summed E-state index contributed by atoms with van der Waals surface area (Å²) >= 11 is 0. The van der Waals surface area contributed by atoms with Crippen molar-refractivity contribution in [3.8, 4) is 61.8 Å². The average molecular weight is 776 g/mol. The summed E-state index contributed by atoms with van der Waals surface area (Å²) in [6, 6.07) is 80.4. The van der Waals surface area contributed by atoms with Gasteiger partial charge in [0.15, 0.2) is 5.82 Å². The van der Waals surface area contributed by atoms with Crippen molar-refractivity contribution in [2.45, 2.75) is 0 Å². The molecule has 0 amide bonds. The van der Waals surface area contributed by atoms with Crippen molar-refractivity contribution in [1.29, 1.82) is 0 Å². The van der Waals surface area contributed by atoms with Crippen molar-refractivity contribution in [3.05, 3.63) is 224 Å². The van der Waals surface area contributed by atoms with Gasteiger partial charge in [-0.05, 0) is 79.3 Å². The van der Waals surface area contributed by atoms with Crippen molar-refractivity contribution >= 4 is 54.1 Å². The van der Waals surface area contributed by atoms with E-state index in [2.05, 4.69) is 229 Å². The highest BCUT2D eigenvalue weighted by molar-refractivity contribution is 6.20. The molecule has 0 saturated heterocycles. The number of para-hydroxylation sites is 3. The van der Waals surface area contributed by atoms with E-state index in [0.717, 1.165) is 50.3 Å². The maximum Gasteiger partial charge on any atom is 0.160 e. The summed E-state index contributed by atoms with van der Waals surface area (Å²) in [5.74, 6) is 0.690. The molecule has 0 N–H and O–H groups in total. The third-order valence-corrected chi connectivity index (χ3v) is 12.2. The Morgan fingerprint density at radius 1 is 0.311 bits per heavy atom. The second-order valence-corrected chi connectivity index (χ2v) is 15.7. The molecule has 3 heteroatoms. The molecule has 2 heterocycles. The standard InChI is InChI=1S/C58H37N3/c1-3-14-38(15-4-1)39-26-32-43(33-27-39)58-59-53(37-54(60-58)56-47-21-10-8-17-44(47)36-52-46-20-9-7-16-40(46)34-35-50(52)56)42-30-28-41(29-31-42)48-23-13-24-51-49-22-11-12-25-55(49)61(57(48)51)45-18-5-2-6-19-45/h1-37H. The third-order valence-electron chi connectivity index (χ3n) is 12.2. The molecule has 0 atom stereocenters. The van der Waals surface area contributed by atoms with Crippen LogP contribution in [0, 0.1) is 0 Å². The quantitative estimate of drug-likeness (QED) is 0.124. The van der Waals surface area contributed by atoms with Crippen LogP contribution in [-0.2, 0) is 0 Å². The van der Waals surface area contributed by atoms with Crippen molar-refractivity contribution in [2.75, 3.05) is 0 Å². The van der Waals surface area contributed by atoms with E-state index < -0.39 is 0 Å². The Bertz CT molecular complexity index is 3610. The van der Waals surface area contributed by atoms with Gasteiger partial charge in [0.05, 0.1) is 22.4 Å². The SMILES string of the molecule is c1ccc(-c2ccc(-c3nc(-c4ccc(-c5cccc6c7ccccc7n(-c7ccccc7)c56)cc4)cc(-c4c5ccccc5cc5c4ccc4ccccc45)n3)cc2)cc1. The Balaban J connectivity index is 1.05. The van der Waals surface area contributed by atoms with E-state index in [1.165, 1.54) is 59.9 Å². The zero-order chi connectivity index (χ0) is 40.3. The molecule has 284 valence electrons. The van der Waals surface area contributed by atoms with E-state index in [4.69, 9.17) is 9.97 Å². The van der Waals surface area contributed by atoms with Gasteiger partial charge in [0.25, 0.3) is 0 Å². The van der Waals surface area contributed by atoms with Gasteiger partial charge in [-0.25, -0.2) is 9.97 Å². The zero-order valence-corrected chi connectivity index (χ0v) is 33.2. The molecule has 10 aromatic carbocycles. The molecule has 12 aromatic rings. The smallest absolute Gasteiger partial charge is 0.160 e. The summed E-state index contributed by atoms with van der Waals surface area (Å²) in [4.78, 5) is 10.8. The van der Waals surface area contributed by atoms with Crippen molar-refractivity contribution < 1.29 is 0 Å². The summed E-state index contributed by atoms with van der Waals surface area (Å²) in [6.45, 7) is 0. The van der Waals surface area contributed by atoms with Gasteiger partial charge in [0.1, 0.15) is 0 Å². The molecule has 3 nitrogen and oxygen atoms in total. The van der Waals surface area contributed by atoms with Crippen LogP contribution < -0.4 is 0 Å². The van der Waals surface area contributed by atoms with Crippen LogP contribution in [0.1, 0.15) is 0 Å². The second kappa shape index (κ2) is 14.3. The first-order chi connectivity index (χ1) is 30.2. The maximum absolute atomic E-state index is 5.43. The molecule has 0 fully saturated rings. The molecule has 0 spiro atoms. The van der Waals surface area contributed by atoms with Crippen LogP contribution in [0.25, 0.3) is 116 Å². The number of hydrogen-bond acceptors (Lipinski definition) is 2. The van der Waals surface area contributed by atoms with E-state index in [0.29, 0.717) is 5.82 Å². The minimum absolute atomic E-state index is 0.690. The third kappa shape index (κ3) is 5.90. The topological polar surface area (TPSA) is 30.7 Å². The Morgan fingerprint density at radius 2 is 0.902 bits per heavy atom. The molecule has 0 radical (unpaired) electrons. The Morgan fingerprint density at radius 3 is 1.70 bits per heavy atom. The summed E-state index contributed by atoms with van der Waals surface area (Å²) in [7, 11) is 0. The van der Waals surface area contributed by atoms with Crippen LogP contribution in [0.4, 0.5) is 0 Å². The van der Waals surface area contributed by atoms with E-state index in [1.54, 1.807) is 0 Å². The number of hydrogen-bond donors (Lipinski definition) is 0. The monoisotopic (exact) mass is 775 g/mol. The minimum atomic E-state index is 0.690. The van der Waals surface area contributed by atoms with Crippen LogP contribution >= 0.6 is 0 Å². The lowest BCUT2D eigenvalue weighted by atomic mass is 9.91.